The lowest BCUT2D eigenvalue weighted by molar-refractivity contribution is -0.167. The highest BCUT2D eigenvalue weighted by atomic mass is 16.6. The Hall–Kier alpha value is -1.30. The van der Waals surface area contributed by atoms with Crippen LogP contribution in [0.15, 0.2) is 0 Å². The van der Waals surface area contributed by atoms with E-state index in [2.05, 4.69) is 0 Å². The molecule has 6 heteroatoms. The highest BCUT2D eigenvalue weighted by Gasteiger charge is 2.44. The van der Waals surface area contributed by atoms with Gasteiger partial charge in [-0.1, -0.05) is 0 Å². The summed E-state index contributed by atoms with van der Waals surface area (Å²) in [6, 6.07) is 0. The molecule has 1 aliphatic heterocycles. The first-order chi connectivity index (χ1) is 8.65. The van der Waals surface area contributed by atoms with Crippen LogP contribution >= 0.6 is 0 Å². The third-order valence-corrected chi connectivity index (χ3v) is 2.55. The molecule has 0 N–H and O–H groups in total. The van der Waals surface area contributed by atoms with Crippen molar-refractivity contribution in [1.29, 1.82) is 0 Å². The average molecular weight is 273 g/mol. The summed E-state index contributed by atoms with van der Waals surface area (Å²) in [4.78, 5) is 24.5. The number of carbonyl (C=O) groups is 2. The van der Waals surface area contributed by atoms with Crippen LogP contribution in [0, 0.1) is 0 Å². The first-order valence-electron chi connectivity index (χ1n) is 6.43. The third kappa shape index (κ3) is 5.06. The number of hydrogen-bond donors (Lipinski definition) is 0. The summed E-state index contributed by atoms with van der Waals surface area (Å²) in [5.74, 6) is -0.389. The van der Waals surface area contributed by atoms with Gasteiger partial charge in [0.1, 0.15) is 17.8 Å². The van der Waals surface area contributed by atoms with Crippen LogP contribution in [0.5, 0.6) is 0 Å². The van der Waals surface area contributed by atoms with E-state index in [9.17, 15) is 9.59 Å². The van der Waals surface area contributed by atoms with Crippen molar-refractivity contribution in [2.24, 2.45) is 0 Å². The second-order valence-corrected chi connectivity index (χ2v) is 5.88. The monoisotopic (exact) mass is 273 g/mol. The van der Waals surface area contributed by atoms with Crippen LogP contribution in [0.25, 0.3) is 0 Å². The molecule has 0 saturated carbocycles. The molecule has 1 amide bonds. The van der Waals surface area contributed by atoms with E-state index in [-0.39, 0.29) is 18.7 Å². The first-order valence-corrected chi connectivity index (χ1v) is 6.43. The lowest BCUT2D eigenvalue weighted by Gasteiger charge is -2.47. The minimum Gasteiger partial charge on any atom is -0.464 e. The first kappa shape index (κ1) is 15.8. The molecule has 1 aliphatic rings. The van der Waals surface area contributed by atoms with Crippen LogP contribution in [0.4, 0.5) is 4.79 Å². The molecular formula is C13H23NO5. The summed E-state index contributed by atoms with van der Waals surface area (Å²) in [6.07, 6.45) is -0.357. The van der Waals surface area contributed by atoms with Crippen molar-refractivity contribution in [1.82, 2.24) is 4.90 Å². The highest BCUT2D eigenvalue weighted by molar-refractivity contribution is 5.71. The van der Waals surface area contributed by atoms with Gasteiger partial charge in [0, 0.05) is 0 Å². The third-order valence-electron chi connectivity index (χ3n) is 2.55. The summed E-state index contributed by atoms with van der Waals surface area (Å²) in [7, 11) is 0. The molecule has 1 saturated heterocycles. The predicted molar refractivity (Wildman–Crippen MR) is 68.8 cm³/mol. The number of nitrogens with zero attached hydrogens (tertiary/aromatic N) is 1. The van der Waals surface area contributed by atoms with Gasteiger partial charge in [0.25, 0.3) is 0 Å². The van der Waals surface area contributed by atoms with Crippen molar-refractivity contribution in [2.75, 3.05) is 26.3 Å². The van der Waals surface area contributed by atoms with Gasteiger partial charge >= 0.3 is 12.1 Å². The molecule has 6 nitrogen and oxygen atoms in total. The van der Waals surface area contributed by atoms with Gasteiger partial charge in [-0.3, -0.25) is 0 Å². The Morgan fingerprint density at radius 1 is 1.26 bits per heavy atom. The molecule has 1 fully saturated rings. The van der Waals surface area contributed by atoms with Gasteiger partial charge in [-0.2, -0.15) is 0 Å². The fourth-order valence-corrected chi connectivity index (χ4v) is 1.74. The smallest absolute Gasteiger partial charge is 0.410 e. The van der Waals surface area contributed by atoms with Gasteiger partial charge in [0.2, 0.25) is 0 Å². The zero-order chi connectivity index (χ0) is 14.7. The van der Waals surface area contributed by atoms with E-state index < -0.39 is 11.2 Å². The SMILES string of the molecule is CCOC(=O)COC1(C)CN(C(=O)OC(C)(C)C)C1. The lowest BCUT2D eigenvalue weighted by atomic mass is 9.97. The number of ether oxygens (including phenoxy) is 3. The highest BCUT2D eigenvalue weighted by Crippen LogP contribution is 2.26. The van der Waals surface area contributed by atoms with E-state index in [0.717, 1.165) is 0 Å². The van der Waals surface area contributed by atoms with Crippen LogP contribution in [0.1, 0.15) is 34.6 Å². The number of hydrogen-bond acceptors (Lipinski definition) is 5. The summed E-state index contributed by atoms with van der Waals surface area (Å²) >= 11 is 0. The maximum absolute atomic E-state index is 11.7. The largest absolute Gasteiger partial charge is 0.464 e. The number of rotatable bonds is 4. The Labute approximate surface area is 114 Å². The molecule has 0 radical (unpaired) electrons. The molecule has 0 spiro atoms. The van der Waals surface area contributed by atoms with Crippen LogP contribution in [-0.4, -0.2) is 54.5 Å². The molecular weight excluding hydrogens is 250 g/mol. The van der Waals surface area contributed by atoms with Gasteiger partial charge < -0.3 is 19.1 Å². The standard InChI is InChI=1S/C13H23NO5/c1-6-17-10(15)7-18-13(5)8-14(9-13)11(16)19-12(2,3)4/h6-9H2,1-5H3. The van der Waals surface area contributed by atoms with Gasteiger partial charge in [0.15, 0.2) is 0 Å². The molecule has 110 valence electrons. The summed E-state index contributed by atoms with van der Waals surface area (Å²) in [6.45, 7) is 10.1. The van der Waals surface area contributed by atoms with E-state index in [4.69, 9.17) is 14.2 Å². The Bertz CT molecular complexity index is 341. The lowest BCUT2D eigenvalue weighted by Crippen LogP contribution is -2.64. The van der Waals surface area contributed by atoms with E-state index in [1.807, 2.05) is 27.7 Å². The van der Waals surface area contributed by atoms with Crippen molar-refractivity contribution in [3.8, 4) is 0 Å². The molecule has 19 heavy (non-hydrogen) atoms. The second kappa shape index (κ2) is 5.77. The number of amides is 1. The fraction of sp³-hybridized carbons (Fsp3) is 0.846. The molecule has 0 aliphatic carbocycles. The molecule has 0 atom stereocenters. The van der Waals surface area contributed by atoms with Crippen molar-refractivity contribution in [2.45, 2.75) is 45.8 Å². The Morgan fingerprint density at radius 2 is 1.84 bits per heavy atom. The van der Waals surface area contributed by atoms with Crippen molar-refractivity contribution in [3.63, 3.8) is 0 Å². The van der Waals surface area contributed by atoms with Crippen molar-refractivity contribution >= 4 is 12.1 Å². The van der Waals surface area contributed by atoms with Crippen LogP contribution < -0.4 is 0 Å². The minimum atomic E-state index is -0.505. The van der Waals surface area contributed by atoms with Crippen LogP contribution in [0.2, 0.25) is 0 Å². The van der Waals surface area contributed by atoms with Gasteiger partial charge in [0.05, 0.1) is 19.7 Å². The van der Waals surface area contributed by atoms with E-state index in [0.29, 0.717) is 19.7 Å². The summed E-state index contributed by atoms with van der Waals surface area (Å²) in [5.41, 5.74) is -1.00. The number of esters is 1. The van der Waals surface area contributed by atoms with Crippen LogP contribution in [-0.2, 0) is 19.0 Å². The Kier molecular flexibility index (Phi) is 4.79. The maximum atomic E-state index is 11.7. The zero-order valence-corrected chi connectivity index (χ0v) is 12.3. The van der Waals surface area contributed by atoms with Crippen molar-refractivity contribution < 1.29 is 23.8 Å². The molecule has 0 aromatic rings. The Balaban J connectivity index is 2.31. The van der Waals surface area contributed by atoms with Gasteiger partial charge in [-0.25, -0.2) is 9.59 Å². The molecule has 0 bridgehead atoms. The van der Waals surface area contributed by atoms with Gasteiger partial charge in [-0.15, -0.1) is 0 Å². The summed E-state index contributed by atoms with van der Waals surface area (Å²) < 4.78 is 15.5. The topological polar surface area (TPSA) is 65.1 Å². The maximum Gasteiger partial charge on any atom is 0.410 e. The zero-order valence-electron chi connectivity index (χ0n) is 12.3. The van der Waals surface area contributed by atoms with E-state index >= 15 is 0 Å². The molecule has 1 heterocycles. The quantitative estimate of drug-likeness (QED) is 0.727. The number of likely N-dealkylation sites (tertiary alicyclic amines) is 1. The molecule has 0 aromatic carbocycles. The van der Waals surface area contributed by atoms with E-state index in [1.54, 1.807) is 11.8 Å². The molecule has 1 rings (SSSR count). The molecule has 0 unspecified atom stereocenters. The Morgan fingerprint density at radius 3 is 2.32 bits per heavy atom. The minimum absolute atomic E-state index is 0.0908. The summed E-state index contributed by atoms with van der Waals surface area (Å²) in [5, 5.41) is 0. The average Bonchev–Trinajstić information content (AvgIpc) is 2.20. The van der Waals surface area contributed by atoms with E-state index in [1.165, 1.54) is 0 Å². The fourth-order valence-electron chi connectivity index (χ4n) is 1.74. The predicted octanol–water partition coefficient (Wildman–Crippen LogP) is 1.58. The van der Waals surface area contributed by atoms with Gasteiger partial charge in [-0.05, 0) is 34.6 Å². The normalized spacial score (nSPS) is 17.6. The van der Waals surface area contributed by atoms with Crippen molar-refractivity contribution in [3.05, 3.63) is 0 Å². The molecule has 0 aromatic heterocycles. The second-order valence-electron chi connectivity index (χ2n) is 5.88. The number of carbonyl (C=O) groups excluding carboxylic acids is 2. The van der Waals surface area contributed by atoms with Crippen LogP contribution in [0.3, 0.4) is 0 Å².